The van der Waals surface area contributed by atoms with Gasteiger partial charge in [-0.15, -0.1) is 0 Å². The number of likely N-dealkylation sites (tertiary alicyclic amines) is 1. The summed E-state index contributed by atoms with van der Waals surface area (Å²) in [5, 5.41) is 4.12. The van der Waals surface area contributed by atoms with Crippen molar-refractivity contribution in [2.45, 2.75) is 32.0 Å². The highest BCUT2D eigenvalue weighted by Crippen LogP contribution is 2.31. The zero-order chi connectivity index (χ0) is 23.8. The molecule has 174 valence electrons. The van der Waals surface area contributed by atoms with Gasteiger partial charge < -0.3 is 9.64 Å². The number of carbonyl (C=O) groups excluding carboxylic acids is 1. The number of rotatable bonds is 4. The quantitative estimate of drug-likeness (QED) is 0.500. The number of nitrogens with zero attached hydrogens (tertiary/aromatic N) is 3. The highest BCUT2D eigenvalue weighted by molar-refractivity contribution is 5.95. The number of aromatic nitrogens is 2. The van der Waals surface area contributed by atoms with Crippen molar-refractivity contribution in [3.8, 4) is 11.4 Å². The van der Waals surface area contributed by atoms with Gasteiger partial charge in [0.15, 0.2) is 11.6 Å². The smallest absolute Gasteiger partial charge is 0.416 e. The second kappa shape index (κ2) is 8.84. The minimum Gasteiger partial charge on any atom is -0.487 e. The third-order valence-electron chi connectivity index (χ3n) is 5.58. The second-order valence-electron chi connectivity index (χ2n) is 7.79. The van der Waals surface area contributed by atoms with Gasteiger partial charge in [0.05, 0.1) is 28.7 Å². The van der Waals surface area contributed by atoms with E-state index in [1.54, 1.807) is 11.8 Å². The third-order valence-corrected chi connectivity index (χ3v) is 5.58. The van der Waals surface area contributed by atoms with Crippen molar-refractivity contribution >= 4 is 5.91 Å². The van der Waals surface area contributed by atoms with Crippen LogP contribution in [0.4, 0.5) is 22.0 Å². The molecule has 1 aromatic heterocycles. The Hall–Kier alpha value is -3.43. The highest BCUT2D eigenvalue weighted by Gasteiger charge is 2.31. The molecule has 33 heavy (non-hydrogen) atoms. The van der Waals surface area contributed by atoms with Gasteiger partial charge in [0.1, 0.15) is 11.9 Å². The maximum absolute atomic E-state index is 13.8. The predicted molar refractivity (Wildman–Crippen MR) is 109 cm³/mol. The van der Waals surface area contributed by atoms with E-state index in [1.165, 1.54) is 29.1 Å². The monoisotopic (exact) mass is 465 g/mol. The molecule has 1 amide bonds. The number of hydrogen-bond donors (Lipinski definition) is 0. The van der Waals surface area contributed by atoms with E-state index in [-0.39, 0.29) is 29.0 Å². The molecule has 0 saturated carbocycles. The zero-order valence-corrected chi connectivity index (χ0v) is 17.6. The third kappa shape index (κ3) is 4.84. The Kier molecular flexibility index (Phi) is 6.09. The van der Waals surface area contributed by atoms with Crippen LogP contribution in [0.2, 0.25) is 0 Å². The van der Waals surface area contributed by atoms with Gasteiger partial charge in [-0.05, 0) is 37.3 Å². The van der Waals surface area contributed by atoms with Gasteiger partial charge in [-0.25, -0.2) is 13.5 Å². The van der Waals surface area contributed by atoms with Crippen molar-refractivity contribution in [1.82, 2.24) is 14.7 Å². The topological polar surface area (TPSA) is 47.4 Å². The molecule has 5 nitrogen and oxygen atoms in total. The van der Waals surface area contributed by atoms with Gasteiger partial charge in [0.2, 0.25) is 0 Å². The molecule has 0 spiro atoms. The van der Waals surface area contributed by atoms with Crippen molar-refractivity contribution in [3.63, 3.8) is 0 Å². The van der Waals surface area contributed by atoms with Crippen LogP contribution in [0.1, 0.15) is 34.5 Å². The lowest BCUT2D eigenvalue weighted by Crippen LogP contribution is -2.42. The van der Waals surface area contributed by atoms with E-state index in [1.807, 2.05) is 0 Å². The summed E-state index contributed by atoms with van der Waals surface area (Å²) < 4.78 is 72.9. The van der Waals surface area contributed by atoms with Crippen molar-refractivity contribution in [1.29, 1.82) is 0 Å². The van der Waals surface area contributed by atoms with Gasteiger partial charge in [0.25, 0.3) is 5.91 Å². The summed E-state index contributed by atoms with van der Waals surface area (Å²) in [6.07, 6.45) is -2.58. The number of amides is 1. The maximum Gasteiger partial charge on any atom is 0.416 e. The summed E-state index contributed by atoms with van der Waals surface area (Å²) in [5.74, 6) is -1.82. The fraction of sp³-hybridized carbons (Fsp3) is 0.304. The number of halogens is 5. The number of piperidine rings is 1. The molecule has 2 aromatic carbocycles. The molecule has 1 saturated heterocycles. The van der Waals surface area contributed by atoms with Crippen LogP contribution < -0.4 is 4.74 Å². The first-order valence-electron chi connectivity index (χ1n) is 10.3. The Morgan fingerprint density at radius 2 is 1.82 bits per heavy atom. The molecule has 1 fully saturated rings. The van der Waals surface area contributed by atoms with E-state index in [9.17, 15) is 26.7 Å². The Labute approximate surface area is 186 Å². The Morgan fingerprint density at radius 1 is 1.09 bits per heavy atom. The van der Waals surface area contributed by atoms with Gasteiger partial charge in [-0.1, -0.05) is 6.07 Å². The van der Waals surface area contributed by atoms with Crippen LogP contribution in [0.3, 0.4) is 0 Å². The van der Waals surface area contributed by atoms with Crippen molar-refractivity contribution in [2.75, 3.05) is 13.1 Å². The molecule has 1 aliphatic rings. The maximum atomic E-state index is 13.8. The zero-order valence-electron chi connectivity index (χ0n) is 17.6. The minimum atomic E-state index is -4.49. The normalized spacial score (nSPS) is 15.0. The van der Waals surface area contributed by atoms with Crippen molar-refractivity contribution < 1.29 is 31.5 Å². The average molecular weight is 465 g/mol. The van der Waals surface area contributed by atoms with E-state index in [0.29, 0.717) is 31.6 Å². The first-order chi connectivity index (χ1) is 15.6. The van der Waals surface area contributed by atoms with Crippen LogP contribution in [0.5, 0.6) is 5.75 Å². The van der Waals surface area contributed by atoms with Crippen LogP contribution >= 0.6 is 0 Å². The van der Waals surface area contributed by atoms with Gasteiger partial charge in [-0.3, -0.25) is 4.79 Å². The van der Waals surface area contributed by atoms with Crippen LogP contribution in [-0.2, 0) is 6.18 Å². The molecule has 3 aromatic rings. The molecule has 0 radical (unpaired) electrons. The molecule has 0 atom stereocenters. The van der Waals surface area contributed by atoms with E-state index in [4.69, 9.17) is 4.74 Å². The molecule has 2 heterocycles. The Morgan fingerprint density at radius 3 is 2.48 bits per heavy atom. The van der Waals surface area contributed by atoms with Crippen molar-refractivity contribution in [3.05, 3.63) is 77.1 Å². The number of alkyl halides is 3. The van der Waals surface area contributed by atoms with Gasteiger partial charge in [0, 0.05) is 32.0 Å². The first kappa shape index (κ1) is 22.8. The lowest BCUT2D eigenvalue weighted by atomic mass is 10.1. The molecule has 1 aliphatic heterocycles. The number of benzene rings is 2. The summed E-state index contributed by atoms with van der Waals surface area (Å²) >= 11 is 0. The Balaban J connectivity index is 1.43. The highest BCUT2D eigenvalue weighted by atomic mass is 19.4. The van der Waals surface area contributed by atoms with Crippen LogP contribution in [0, 0.1) is 18.6 Å². The summed E-state index contributed by atoms with van der Waals surface area (Å²) in [4.78, 5) is 14.6. The van der Waals surface area contributed by atoms with E-state index < -0.39 is 23.4 Å². The van der Waals surface area contributed by atoms with Gasteiger partial charge >= 0.3 is 6.18 Å². The van der Waals surface area contributed by atoms with Crippen LogP contribution in [-0.4, -0.2) is 39.8 Å². The molecule has 4 rings (SSSR count). The predicted octanol–water partition coefficient (Wildman–Crippen LogP) is 5.16. The van der Waals surface area contributed by atoms with Crippen molar-refractivity contribution in [2.24, 2.45) is 0 Å². The lowest BCUT2D eigenvalue weighted by molar-refractivity contribution is -0.137. The largest absolute Gasteiger partial charge is 0.487 e. The fourth-order valence-corrected chi connectivity index (χ4v) is 3.79. The Bertz CT molecular complexity index is 1170. The number of hydrogen-bond acceptors (Lipinski definition) is 3. The first-order valence-corrected chi connectivity index (χ1v) is 10.3. The second-order valence-corrected chi connectivity index (χ2v) is 7.79. The molecule has 0 unspecified atom stereocenters. The molecule has 0 bridgehead atoms. The SMILES string of the molecule is Cc1c(C(=O)N2CCC(Oc3ccc(F)cc3F)CC2)cnn1-c1cccc(C(F)(F)F)c1. The molecule has 10 heteroatoms. The molecular formula is C23H20F5N3O2. The number of carbonyl (C=O) groups is 1. The number of ether oxygens (including phenoxy) is 1. The van der Waals surface area contributed by atoms with E-state index in [2.05, 4.69) is 5.10 Å². The summed E-state index contributed by atoms with van der Waals surface area (Å²) in [6.45, 7) is 2.31. The molecule has 0 N–H and O–H groups in total. The summed E-state index contributed by atoms with van der Waals surface area (Å²) in [7, 11) is 0. The fourth-order valence-electron chi connectivity index (χ4n) is 3.79. The van der Waals surface area contributed by atoms with Crippen LogP contribution in [0.25, 0.3) is 5.69 Å². The summed E-state index contributed by atoms with van der Waals surface area (Å²) in [5.41, 5.74) is 0.111. The average Bonchev–Trinajstić information content (AvgIpc) is 3.16. The minimum absolute atomic E-state index is 0.0422. The van der Waals surface area contributed by atoms with E-state index >= 15 is 0 Å². The standard InChI is InChI=1S/C23H20F5N3O2/c1-14-19(13-29-31(14)17-4-2-3-15(11-17)23(26,27)28)22(32)30-9-7-18(8-10-30)33-21-6-5-16(24)12-20(21)25/h2-6,11-13,18H,7-10H2,1H3. The summed E-state index contributed by atoms with van der Waals surface area (Å²) in [6, 6.07) is 7.81. The molecular weight excluding hydrogens is 445 g/mol. The van der Waals surface area contributed by atoms with E-state index in [0.717, 1.165) is 24.3 Å². The van der Waals surface area contributed by atoms with Gasteiger partial charge in [-0.2, -0.15) is 18.3 Å². The lowest BCUT2D eigenvalue weighted by Gasteiger charge is -2.32. The van der Waals surface area contributed by atoms with Crippen LogP contribution in [0.15, 0.2) is 48.7 Å². The molecule has 0 aliphatic carbocycles.